The Morgan fingerprint density at radius 3 is 2.42 bits per heavy atom. The second-order valence-corrected chi connectivity index (χ2v) is 4.78. The predicted octanol–water partition coefficient (Wildman–Crippen LogP) is 4.16. The molecule has 0 spiro atoms. The lowest BCUT2D eigenvalue weighted by Crippen LogP contribution is -2.00. The van der Waals surface area contributed by atoms with Gasteiger partial charge in [0.05, 0.1) is 16.9 Å². The first-order valence-electron chi connectivity index (χ1n) is 5.54. The van der Waals surface area contributed by atoms with Crippen molar-refractivity contribution in [1.29, 1.82) is 5.26 Å². The van der Waals surface area contributed by atoms with Crippen LogP contribution in [0.25, 0.3) is 11.1 Å². The van der Waals surface area contributed by atoms with E-state index in [0.29, 0.717) is 27.0 Å². The molecule has 2 rings (SSSR count). The van der Waals surface area contributed by atoms with Gasteiger partial charge < -0.3 is 11.1 Å². The zero-order chi connectivity index (χ0) is 14.0. The van der Waals surface area contributed by atoms with Crippen LogP contribution in [0.15, 0.2) is 30.3 Å². The fraction of sp³-hybridized carbons (Fsp3) is 0.0714. The van der Waals surface area contributed by atoms with E-state index in [9.17, 15) is 5.26 Å². The summed E-state index contributed by atoms with van der Waals surface area (Å²) in [5, 5.41) is 13.3. The Bertz CT molecular complexity index is 675. The average molecular weight is 292 g/mol. The van der Waals surface area contributed by atoms with Crippen LogP contribution in [-0.2, 0) is 0 Å². The largest absolute Gasteiger partial charge is 0.397 e. The Morgan fingerprint density at radius 1 is 1.16 bits per heavy atom. The fourth-order valence-corrected chi connectivity index (χ4v) is 2.45. The van der Waals surface area contributed by atoms with E-state index in [0.717, 1.165) is 11.1 Å². The van der Waals surface area contributed by atoms with Crippen molar-refractivity contribution in [3.05, 3.63) is 45.9 Å². The van der Waals surface area contributed by atoms with E-state index >= 15 is 0 Å². The maximum Gasteiger partial charge on any atom is 0.102 e. The van der Waals surface area contributed by atoms with Gasteiger partial charge in [-0.05, 0) is 18.2 Å². The predicted molar refractivity (Wildman–Crippen MR) is 80.6 cm³/mol. The zero-order valence-corrected chi connectivity index (χ0v) is 11.7. The topological polar surface area (TPSA) is 61.8 Å². The molecule has 0 atom stereocenters. The van der Waals surface area contributed by atoms with Gasteiger partial charge in [0.15, 0.2) is 0 Å². The Kier molecular flexibility index (Phi) is 3.84. The highest BCUT2D eigenvalue weighted by atomic mass is 35.5. The number of nitrogens with one attached hydrogen (secondary N) is 1. The van der Waals surface area contributed by atoms with Crippen LogP contribution < -0.4 is 11.1 Å². The van der Waals surface area contributed by atoms with Crippen LogP contribution in [0, 0.1) is 11.3 Å². The van der Waals surface area contributed by atoms with Crippen LogP contribution in [0.3, 0.4) is 0 Å². The SMILES string of the molecule is CNc1c(N)ccc(-c2ccc(Cl)cc2Cl)c1C#N. The van der Waals surface area contributed by atoms with Crippen LogP contribution in [-0.4, -0.2) is 7.05 Å². The molecule has 0 unspecified atom stereocenters. The van der Waals surface area contributed by atoms with E-state index in [2.05, 4.69) is 11.4 Å². The molecule has 3 N–H and O–H groups in total. The standard InChI is InChI=1S/C14H11Cl2N3/c1-19-14-11(7-17)9(4-5-13(14)18)10-3-2-8(15)6-12(10)16/h2-6,19H,18H2,1H3. The molecule has 0 heterocycles. The van der Waals surface area contributed by atoms with Gasteiger partial charge in [-0.3, -0.25) is 0 Å². The number of hydrogen-bond donors (Lipinski definition) is 2. The Balaban J connectivity index is 2.73. The van der Waals surface area contributed by atoms with Gasteiger partial charge in [-0.2, -0.15) is 5.26 Å². The summed E-state index contributed by atoms with van der Waals surface area (Å²) in [6.07, 6.45) is 0. The normalized spacial score (nSPS) is 10.0. The molecule has 0 aliphatic heterocycles. The molecule has 0 saturated heterocycles. The van der Waals surface area contributed by atoms with E-state index in [1.54, 1.807) is 37.4 Å². The molecule has 96 valence electrons. The van der Waals surface area contributed by atoms with Crippen LogP contribution in [0.5, 0.6) is 0 Å². The molecule has 0 amide bonds. The third-order valence-corrected chi connectivity index (χ3v) is 3.37. The van der Waals surface area contributed by atoms with Gasteiger partial charge in [0.1, 0.15) is 6.07 Å². The summed E-state index contributed by atoms with van der Waals surface area (Å²) in [4.78, 5) is 0. The summed E-state index contributed by atoms with van der Waals surface area (Å²) in [6, 6.07) is 10.9. The molecule has 0 aromatic heterocycles. The molecule has 5 heteroatoms. The van der Waals surface area contributed by atoms with E-state index in [-0.39, 0.29) is 0 Å². The number of nitrogen functional groups attached to an aromatic ring is 1. The quantitative estimate of drug-likeness (QED) is 0.817. The van der Waals surface area contributed by atoms with Crippen LogP contribution >= 0.6 is 23.2 Å². The summed E-state index contributed by atoms with van der Waals surface area (Å²) in [5.74, 6) is 0. The maximum atomic E-state index is 9.35. The first-order chi connectivity index (χ1) is 9.08. The molecule has 0 radical (unpaired) electrons. The smallest absolute Gasteiger partial charge is 0.102 e. The highest BCUT2D eigenvalue weighted by Crippen LogP contribution is 2.37. The molecular weight excluding hydrogens is 281 g/mol. The third-order valence-electron chi connectivity index (χ3n) is 2.82. The molecule has 0 bridgehead atoms. The minimum absolute atomic E-state index is 0.465. The molecular formula is C14H11Cl2N3. The van der Waals surface area contributed by atoms with Crippen LogP contribution in [0.4, 0.5) is 11.4 Å². The van der Waals surface area contributed by atoms with E-state index < -0.39 is 0 Å². The van der Waals surface area contributed by atoms with Crippen molar-refractivity contribution < 1.29 is 0 Å². The van der Waals surface area contributed by atoms with Gasteiger partial charge >= 0.3 is 0 Å². The lowest BCUT2D eigenvalue weighted by Gasteiger charge is -2.13. The van der Waals surface area contributed by atoms with Gasteiger partial charge in [-0.1, -0.05) is 35.3 Å². The second kappa shape index (κ2) is 5.40. The van der Waals surface area contributed by atoms with Crippen LogP contribution in [0.1, 0.15) is 5.56 Å². The van der Waals surface area contributed by atoms with Gasteiger partial charge in [-0.25, -0.2) is 0 Å². The Morgan fingerprint density at radius 2 is 1.84 bits per heavy atom. The van der Waals surface area contributed by atoms with Gasteiger partial charge in [0.25, 0.3) is 0 Å². The minimum atomic E-state index is 0.465. The van der Waals surface area contributed by atoms with Gasteiger partial charge in [-0.15, -0.1) is 0 Å². The molecule has 19 heavy (non-hydrogen) atoms. The van der Waals surface area contributed by atoms with Crippen LogP contribution in [0.2, 0.25) is 10.0 Å². The molecule has 0 aliphatic rings. The molecule has 2 aromatic carbocycles. The zero-order valence-electron chi connectivity index (χ0n) is 10.2. The molecule has 3 nitrogen and oxygen atoms in total. The lowest BCUT2D eigenvalue weighted by atomic mass is 9.98. The van der Waals surface area contributed by atoms with Crippen molar-refractivity contribution in [1.82, 2.24) is 0 Å². The second-order valence-electron chi connectivity index (χ2n) is 3.94. The van der Waals surface area contributed by atoms with E-state index in [4.69, 9.17) is 28.9 Å². The van der Waals surface area contributed by atoms with E-state index in [1.165, 1.54) is 0 Å². The van der Waals surface area contributed by atoms with Gasteiger partial charge in [0, 0.05) is 28.2 Å². The summed E-state index contributed by atoms with van der Waals surface area (Å²) in [5.41, 5.74) is 8.91. The first-order valence-corrected chi connectivity index (χ1v) is 6.29. The summed E-state index contributed by atoms with van der Waals surface area (Å²) >= 11 is 12.1. The lowest BCUT2D eigenvalue weighted by molar-refractivity contribution is 1.43. The highest BCUT2D eigenvalue weighted by molar-refractivity contribution is 6.36. The third kappa shape index (κ3) is 2.46. The monoisotopic (exact) mass is 291 g/mol. The summed E-state index contributed by atoms with van der Waals surface area (Å²) < 4.78 is 0. The van der Waals surface area contributed by atoms with Crippen molar-refractivity contribution in [2.24, 2.45) is 0 Å². The number of anilines is 2. The summed E-state index contributed by atoms with van der Waals surface area (Å²) in [7, 11) is 1.72. The Hall–Kier alpha value is -1.89. The van der Waals surface area contributed by atoms with Crippen molar-refractivity contribution in [3.63, 3.8) is 0 Å². The average Bonchev–Trinajstić information content (AvgIpc) is 2.39. The van der Waals surface area contributed by atoms with Crippen molar-refractivity contribution >= 4 is 34.6 Å². The fourth-order valence-electron chi connectivity index (χ4n) is 1.94. The van der Waals surface area contributed by atoms with Crippen molar-refractivity contribution in [3.8, 4) is 17.2 Å². The molecule has 0 aliphatic carbocycles. The number of benzene rings is 2. The number of rotatable bonds is 2. The number of halogens is 2. The number of nitrogens with zero attached hydrogens (tertiary/aromatic N) is 1. The minimum Gasteiger partial charge on any atom is -0.397 e. The molecule has 0 saturated carbocycles. The number of nitrogens with two attached hydrogens (primary N) is 1. The number of hydrogen-bond acceptors (Lipinski definition) is 3. The van der Waals surface area contributed by atoms with Crippen molar-refractivity contribution in [2.45, 2.75) is 0 Å². The van der Waals surface area contributed by atoms with E-state index in [1.807, 2.05) is 0 Å². The maximum absolute atomic E-state index is 9.35. The number of nitriles is 1. The molecule has 2 aromatic rings. The highest BCUT2D eigenvalue weighted by Gasteiger charge is 2.14. The van der Waals surface area contributed by atoms with Gasteiger partial charge in [0.2, 0.25) is 0 Å². The first kappa shape index (κ1) is 13.5. The Labute approximate surface area is 121 Å². The molecule has 0 fully saturated rings. The summed E-state index contributed by atoms with van der Waals surface area (Å²) in [6.45, 7) is 0. The van der Waals surface area contributed by atoms with Crippen molar-refractivity contribution in [2.75, 3.05) is 18.1 Å².